The van der Waals surface area contributed by atoms with Crippen molar-refractivity contribution < 1.29 is 14.3 Å². The molecule has 0 spiro atoms. The van der Waals surface area contributed by atoms with E-state index < -0.39 is 5.60 Å². The second-order valence-corrected chi connectivity index (χ2v) is 7.30. The largest absolute Gasteiger partial charge is 0.444 e. The number of nitrogens with zero attached hydrogens (tertiary/aromatic N) is 3. The van der Waals surface area contributed by atoms with Crippen LogP contribution in [0.4, 0.5) is 4.79 Å². The zero-order valence-corrected chi connectivity index (χ0v) is 15.4. The van der Waals surface area contributed by atoms with E-state index in [-0.39, 0.29) is 6.09 Å². The molecule has 3 aliphatic heterocycles. The third-order valence-corrected chi connectivity index (χ3v) is 4.50. The van der Waals surface area contributed by atoms with E-state index in [0.29, 0.717) is 12.1 Å². The van der Waals surface area contributed by atoms with Gasteiger partial charge in [0.1, 0.15) is 5.60 Å². The highest BCUT2D eigenvalue weighted by atomic mass is 16.6. The minimum Gasteiger partial charge on any atom is -0.444 e. The van der Waals surface area contributed by atoms with E-state index in [9.17, 15) is 4.79 Å². The summed E-state index contributed by atoms with van der Waals surface area (Å²) in [5.74, 6) is 0. The van der Waals surface area contributed by atoms with Gasteiger partial charge < -0.3 is 14.4 Å². The minimum absolute atomic E-state index is 0.182. The van der Waals surface area contributed by atoms with Crippen molar-refractivity contribution in [2.45, 2.75) is 52.3 Å². The fraction of sp³-hybridized carbons (Fsp3) is 0.941. The lowest BCUT2D eigenvalue weighted by Crippen LogP contribution is -2.67. The molecule has 0 aromatic heterocycles. The summed E-state index contributed by atoms with van der Waals surface area (Å²) < 4.78 is 11.0. The number of hydrogen-bond acceptors (Lipinski definition) is 5. The maximum absolute atomic E-state index is 12.0. The van der Waals surface area contributed by atoms with Crippen LogP contribution in [-0.2, 0) is 9.47 Å². The van der Waals surface area contributed by atoms with Gasteiger partial charge in [-0.15, -0.1) is 0 Å². The number of piperazine rings is 1. The number of morpholine rings is 1. The number of carbonyl (C=O) groups excluding carboxylic acids is 1. The van der Waals surface area contributed by atoms with Crippen LogP contribution in [-0.4, -0.2) is 91.0 Å². The molecule has 23 heavy (non-hydrogen) atoms. The van der Waals surface area contributed by atoms with Gasteiger partial charge in [-0.1, -0.05) is 13.8 Å². The molecule has 1 amide bonds. The second-order valence-electron chi connectivity index (χ2n) is 7.30. The molecule has 0 radical (unpaired) electrons. The van der Waals surface area contributed by atoms with Crippen molar-refractivity contribution in [1.82, 2.24) is 14.7 Å². The predicted molar refractivity (Wildman–Crippen MR) is 90.7 cm³/mol. The van der Waals surface area contributed by atoms with Gasteiger partial charge in [-0.05, 0) is 20.8 Å². The van der Waals surface area contributed by atoms with E-state index in [1.165, 1.54) is 0 Å². The number of fused-ring (bicyclic) bond motifs is 1. The Balaban J connectivity index is 0.000000924. The van der Waals surface area contributed by atoms with E-state index in [2.05, 4.69) is 9.80 Å². The number of rotatable bonds is 1. The predicted octanol–water partition coefficient (Wildman–Crippen LogP) is 1.65. The Morgan fingerprint density at radius 3 is 2.30 bits per heavy atom. The summed E-state index contributed by atoms with van der Waals surface area (Å²) in [5.41, 5.74) is -0.409. The molecule has 0 N–H and O–H groups in total. The van der Waals surface area contributed by atoms with E-state index in [1.807, 2.05) is 34.6 Å². The van der Waals surface area contributed by atoms with Gasteiger partial charge >= 0.3 is 6.09 Å². The number of ether oxygens (including phenoxy) is 2. The van der Waals surface area contributed by atoms with Gasteiger partial charge in [0, 0.05) is 51.4 Å². The van der Waals surface area contributed by atoms with Crippen LogP contribution in [0, 0.1) is 0 Å². The Labute approximate surface area is 140 Å². The minimum atomic E-state index is -0.409. The van der Waals surface area contributed by atoms with Crippen LogP contribution < -0.4 is 0 Å². The lowest BCUT2D eigenvalue weighted by molar-refractivity contribution is -0.0735. The van der Waals surface area contributed by atoms with Crippen molar-refractivity contribution in [3.63, 3.8) is 0 Å². The Morgan fingerprint density at radius 2 is 1.65 bits per heavy atom. The molecule has 0 aromatic rings. The van der Waals surface area contributed by atoms with Crippen molar-refractivity contribution in [3.05, 3.63) is 0 Å². The Kier molecular flexibility index (Phi) is 6.28. The van der Waals surface area contributed by atoms with Gasteiger partial charge in [0.2, 0.25) is 0 Å². The summed E-state index contributed by atoms with van der Waals surface area (Å²) in [5, 5.41) is 0. The number of amides is 1. The first-order valence-electron chi connectivity index (χ1n) is 8.96. The van der Waals surface area contributed by atoms with Crippen molar-refractivity contribution >= 4 is 6.09 Å². The zero-order chi connectivity index (χ0) is 17.0. The SMILES string of the molecule is CC.CC(C)(C)OC(=O)N1CC(N2CCN3CCOCC3C2)C1. The monoisotopic (exact) mass is 327 g/mol. The van der Waals surface area contributed by atoms with Crippen LogP contribution >= 0.6 is 0 Å². The highest BCUT2D eigenvalue weighted by molar-refractivity contribution is 5.69. The fourth-order valence-electron chi connectivity index (χ4n) is 3.26. The summed E-state index contributed by atoms with van der Waals surface area (Å²) >= 11 is 0. The van der Waals surface area contributed by atoms with E-state index in [0.717, 1.165) is 52.5 Å². The quantitative estimate of drug-likeness (QED) is 0.733. The van der Waals surface area contributed by atoms with E-state index >= 15 is 0 Å². The molecule has 134 valence electrons. The summed E-state index contributed by atoms with van der Waals surface area (Å²) in [4.78, 5) is 18.8. The third kappa shape index (κ3) is 4.81. The summed E-state index contributed by atoms with van der Waals surface area (Å²) in [6.07, 6.45) is -0.182. The van der Waals surface area contributed by atoms with Crippen molar-refractivity contribution in [2.24, 2.45) is 0 Å². The van der Waals surface area contributed by atoms with Crippen LogP contribution in [0.15, 0.2) is 0 Å². The van der Waals surface area contributed by atoms with Crippen LogP contribution in [0.3, 0.4) is 0 Å². The molecule has 3 heterocycles. The van der Waals surface area contributed by atoms with Crippen molar-refractivity contribution in [1.29, 1.82) is 0 Å². The average molecular weight is 327 g/mol. The van der Waals surface area contributed by atoms with Gasteiger partial charge in [-0.3, -0.25) is 9.80 Å². The third-order valence-electron chi connectivity index (χ3n) is 4.50. The standard InChI is InChI=1S/C15H27N3O3.C2H6/c1-15(2,3)21-14(19)18-8-12(9-18)17-5-4-16-6-7-20-11-13(16)10-17;1-2/h12-13H,4-11H2,1-3H3;1-2H3. The van der Waals surface area contributed by atoms with E-state index in [1.54, 1.807) is 4.90 Å². The highest BCUT2D eigenvalue weighted by Gasteiger charge is 2.40. The van der Waals surface area contributed by atoms with E-state index in [4.69, 9.17) is 9.47 Å². The average Bonchev–Trinajstić information content (AvgIpc) is 2.46. The topological polar surface area (TPSA) is 45.2 Å². The highest BCUT2D eigenvalue weighted by Crippen LogP contribution is 2.22. The lowest BCUT2D eigenvalue weighted by Gasteiger charge is -2.51. The Morgan fingerprint density at radius 1 is 1.00 bits per heavy atom. The van der Waals surface area contributed by atoms with Gasteiger partial charge in [-0.25, -0.2) is 4.79 Å². The molecule has 0 aromatic carbocycles. The Bertz CT molecular complexity index is 391. The van der Waals surface area contributed by atoms with Crippen LogP contribution in [0.25, 0.3) is 0 Å². The molecule has 0 saturated carbocycles. The molecule has 1 unspecified atom stereocenters. The first-order valence-corrected chi connectivity index (χ1v) is 8.96. The van der Waals surface area contributed by atoms with Gasteiger partial charge in [0.05, 0.1) is 13.2 Å². The fourth-order valence-corrected chi connectivity index (χ4v) is 3.26. The van der Waals surface area contributed by atoms with Gasteiger partial charge in [-0.2, -0.15) is 0 Å². The van der Waals surface area contributed by atoms with Crippen LogP contribution in [0.5, 0.6) is 0 Å². The van der Waals surface area contributed by atoms with Crippen LogP contribution in [0.2, 0.25) is 0 Å². The Hall–Kier alpha value is -0.850. The molecule has 0 aliphatic carbocycles. The number of carbonyl (C=O) groups is 1. The molecular formula is C17H33N3O3. The molecule has 6 heteroatoms. The molecule has 1 atom stereocenters. The first kappa shape index (κ1) is 18.5. The summed E-state index contributed by atoms with van der Waals surface area (Å²) in [7, 11) is 0. The normalized spacial score (nSPS) is 26.7. The van der Waals surface area contributed by atoms with Gasteiger partial charge in [0.15, 0.2) is 0 Å². The van der Waals surface area contributed by atoms with Gasteiger partial charge in [0.25, 0.3) is 0 Å². The molecule has 3 saturated heterocycles. The lowest BCUT2D eigenvalue weighted by atomic mass is 10.0. The number of hydrogen-bond donors (Lipinski definition) is 0. The molecule has 3 rings (SSSR count). The molecule has 3 aliphatic rings. The molecule has 6 nitrogen and oxygen atoms in total. The maximum Gasteiger partial charge on any atom is 0.410 e. The molecule has 3 fully saturated rings. The first-order chi connectivity index (χ1) is 10.9. The van der Waals surface area contributed by atoms with Crippen molar-refractivity contribution in [2.75, 3.05) is 52.5 Å². The zero-order valence-electron chi connectivity index (χ0n) is 15.4. The summed E-state index contributed by atoms with van der Waals surface area (Å²) in [6.45, 7) is 17.4. The van der Waals surface area contributed by atoms with Crippen LogP contribution in [0.1, 0.15) is 34.6 Å². The maximum atomic E-state index is 12.0. The van der Waals surface area contributed by atoms with Crippen molar-refractivity contribution in [3.8, 4) is 0 Å². The summed E-state index contributed by atoms with van der Waals surface area (Å²) in [6, 6.07) is 1.02. The molecular weight excluding hydrogens is 294 g/mol. The second kappa shape index (κ2) is 7.81. The smallest absolute Gasteiger partial charge is 0.410 e. The molecule has 0 bridgehead atoms. The number of likely N-dealkylation sites (tertiary alicyclic amines) is 1.